The third-order valence-electron chi connectivity index (χ3n) is 11.0. The van der Waals surface area contributed by atoms with Crippen molar-refractivity contribution in [1.82, 2.24) is 0 Å². The molecule has 0 radical (unpaired) electrons. The summed E-state index contributed by atoms with van der Waals surface area (Å²) >= 11 is 0. The molecule has 0 spiro atoms. The quantitative estimate of drug-likeness (QED) is 0.249. The highest BCUT2D eigenvalue weighted by Gasteiger charge is 2.46. The maximum atomic E-state index is 5.92. The van der Waals surface area contributed by atoms with Crippen molar-refractivity contribution in [3.8, 4) is 0 Å². The molecular formula is C40H44O2. The maximum absolute atomic E-state index is 5.92. The van der Waals surface area contributed by atoms with Crippen LogP contribution in [0.1, 0.15) is 95.9 Å². The molecule has 0 heterocycles. The van der Waals surface area contributed by atoms with E-state index in [0.29, 0.717) is 23.7 Å². The van der Waals surface area contributed by atoms with Crippen LogP contribution in [0, 0.1) is 23.7 Å². The largest absolute Gasteiger partial charge is 0.376 e. The molecule has 4 aliphatic rings. The zero-order valence-electron chi connectivity index (χ0n) is 25.1. The summed E-state index contributed by atoms with van der Waals surface area (Å²) in [6.07, 6.45) is 8.53. The molecule has 8 rings (SSSR count). The van der Waals surface area contributed by atoms with Crippen molar-refractivity contribution < 1.29 is 9.47 Å². The van der Waals surface area contributed by atoms with Crippen LogP contribution in [-0.4, -0.2) is 14.2 Å². The van der Waals surface area contributed by atoms with Gasteiger partial charge in [-0.2, -0.15) is 0 Å². The van der Waals surface area contributed by atoms with Gasteiger partial charge in [0.1, 0.15) is 0 Å². The zero-order valence-corrected chi connectivity index (χ0v) is 25.1. The average molecular weight is 557 g/mol. The Morgan fingerprint density at radius 2 is 0.738 bits per heavy atom. The average Bonchev–Trinajstić information content (AvgIpc) is 3.74. The Balaban J connectivity index is 0.000000137. The molecule has 0 N–H and O–H groups in total. The van der Waals surface area contributed by atoms with E-state index in [1.54, 1.807) is 0 Å². The van der Waals surface area contributed by atoms with Gasteiger partial charge in [0, 0.05) is 26.1 Å². The molecule has 0 aliphatic heterocycles. The van der Waals surface area contributed by atoms with Crippen LogP contribution in [0.5, 0.6) is 0 Å². The highest BCUT2D eigenvalue weighted by molar-refractivity contribution is 5.44. The summed E-state index contributed by atoms with van der Waals surface area (Å²) in [4.78, 5) is 0. The molecule has 42 heavy (non-hydrogen) atoms. The van der Waals surface area contributed by atoms with E-state index in [-0.39, 0.29) is 12.2 Å². The van der Waals surface area contributed by atoms with Crippen molar-refractivity contribution in [3.63, 3.8) is 0 Å². The van der Waals surface area contributed by atoms with Crippen LogP contribution < -0.4 is 0 Å². The first-order chi connectivity index (χ1) is 20.8. The third kappa shape index (κ3) is 4.83. The van der Waals surface area contributed by atoms with E-state index in [1.165, 1.54) is 71.9 Å². The van der Waals surface area contributed by atoms with Crippen molar-refractivity contribution >= 4 is 0 Å². The molecule has 216 valence electrons. The van der Waals surface area contributed by atoms with Gasteiger partial charge in [0.2, 0.25) is 0 Å². The Morgan fingerprint density at radius 3 is 1.12 bits per heavy atom. The fourth-order valence-electron chi connectivity index (χ4n) is 9.42. The third-order valence-corrected chi connectivity index (χ3v) is 11.0. The SMILES string of the molecule is CO[C@@H]1c2ccccc2[C@H](c2ccccc2)[C@H]2CCC[C@H]21.CO[C@@H]1c2ccccc2[C@H](c2ccccc2)[C@H]2CCC[C@H]21. The van der Waals surface area contributed by atoms with E-state index >= 15 is 0 Å². The van der Waals surface area contributed by atoms with E-state index in [2.05, 4.69) is 109 Å². The highest BCUT2D eigenvalue weighted by Crippen LogP contribution is 2.57. The molecule has 4 aliphatic carbocycles. The monoisotopic (exact) mass is 556 g/mol. The molecule has 2 nitrogen and oxygen atoms in total. The second-order valence-corrected chi connectivity index (χ2v) is 12.9. The lowest BCUT2D eigenvalue weighted by atomic mass is 9.66. The molecule has 2 saturated carbocycles. The molecule has 0 saturated heterocycles. The first-order valence-corrected chi connectivity index (χ1v) is 16.1. The predicted octanol–water partition coefficient (Wildman–Crippen LogP) is 9.87. The van der Waals surface area contributed by atoms with Crippen LogP contribution in [0.3, 0.4) is 0 Å². The standard InChI is InChI=1S/2C20H22O/c2*1-21-20-17-11-6-5-10-15(17)19(14-8-3-2-4-9-14)16-12-7-13-18(16)20/h2*2-6,8-11,16,18-20H,7,12-13H2,1H3/t2*16-,18+,19-,20+/m00/s1. The van der Waals surface area contributed by atoms with Crippen LogP contribution in [-0.2, 0) is 9.47 Å². The van der Waals surface area contributed by atoms with Gasteiger partial charge in [0.25, 0.3) is 0 Å². The van der Waals surface area contributed by atoms with E-state index in [4.69, 9.17) is 9.47 Å². The molecule has 0 unspecified atom stereocenters. The van der Waals surface area contributed by atoms with E-state index in [0.717, 1.165) is 11.8 Å². The van der Waals surface area contributed by atoms with Crippen LogP contribution in [0.15, 0.2) is 109 Å². The number of hydrogen-bond acceptors (Lipinski definition) is 2. The summed E-state index contributed by atoms with van der Waals surface area (Å²) < 4.78 is 11.8. The predicted molar refractivity (Wildman–Crippen MR) is 171 cm³/mol. The summed E-state index contributed by atoms with van der Waals surface area (Å²) in [5.74, 6) is 3.90. The molecule has 8 atom stereocenters. The van der Waals surface area contributed by atoms with Gasteiger partial charge in [0.05, 0.1) is 12.2 Å². The van der Waals surface area contributed by atoms with Gasteiger partial charge >= 0.3 is 0 Å². The number of rotatable bonds is 4. The molecule has 4 aromatic carbocycles. The maximum Gasteiger partial charge on any atom is 0.0855 e. The van der Waals surface area contributed by atoms with Gasteiger partial charge in [0.15, 0.2) is 0 Å². The van der Waals surface area contributed by atoms with E-state index in [9.17, 15) is 0 Å². The number of fused-ring (bicyclic) bond motifs is 4. The lowest BCUT2D eigenvalue weighted by Gasteiger charge is -2.41. The molecule has 4 aromatic rings. The molecule has 0 bridgehead atoms. The highest BCUT2D eigenvalue weighted by atomic mass is 16.5. The smallest absolute Gasteiger partial charge is 0.0855 e. The topological polar surface area (TPSA) is 18.5 Å². The molecule has 2 heteroatoms. The Labute approximate surface area is 252 Å². The van der Waals surface area contributed by atoms with Crippen LogP contribution in [0.4, 0.5) is 0 Å². The lowest BCUT2D eigenvalue weighted by molar-refractivity contribution is 0.0219. The minimum absolute atomic E-state index is 0.286. The fraction of sp³-hybridized carbons (Fsp3) is 0.400. The summed E-state index contributed by atoms with van der Waals surface area (Å²) in [6.45, 7) is 0. The van der Waals surface area contributed by atoms with Gasteiger partial charge in [-0.1, -0.05) is 122 Å². The lowest BCUT2D eigenvalue weighted by Crippen LogP contribution is -2.31. The molecule has 2 fully saturated rings. The number of ether oxygens (including phenoxy) is 2. The number of methoxy groups -OCH3 is 2. The zero-order chi connectivity index (χ0) is 28.5. The van der Waals surface area contributed by atoms with Crippen molar-refractivity contribution in [2.45, 2.75) is 62.6 Å². The minimum Gasteiger partial charge on any atom is -0.376 e. The first-order valence-electron chi connectivity index (χ1n) is 16.1. The van der Waals surface area contributed by atoms with Gasteiger partial charge in [-0.05, 0) is 82.7 Å². The van der Waals surface area contributed by atoms with Crippen LogP contribution in [0.25, 0.3) is 0 Å². The second kappa shape index (κ2) is 12.2. The van der Waals surface area contributed by atoms with Crippen molar-refractivity contribution in [2.75, 3.05) is 14.2 Å². The minimum atomic E-state index is 0.286. The van der Waals surface area contributed by atoms with Gasteiger partial charge in [-0.15, -0.1) is 0 Å². The van der Waals surface area contributed by atoms with E-state index < -0.39 is 0 Å². The van der Waals surface area contributed by atoms with Crippen molar-refractivity contribution in [2.24, 2.45) is 23.7 Å². The molecular weight excluding hydrogens is 512 g/mol. The normalized spacial score (nSPS) is 30.7. The molecule has 0 aromatic heterocycles. The Morgan fingerprint density at radius 1 is 0.405 bits per heavy atom. The summed E-state index contributed by atoms with van der Waals surface area (Å²) in [7, 11) is 3.75. The van der Waals surface area contributed by atoms with Gasteiger partial charge in [-0.3, -0.25) is 0 Å². The summed E-state index contributed by atoms with van der Waals surface area (Å²) in [5.41, 5.74) is 8.74. The van der Waals surface area contributed by atoms with Crippen LogP contribution in [0.2, 0.25) is 0 Å². The van der Waals surface area contributed by atoms with E-state index in [1.807, 2.05) is 14.2 Å². The van der Waals surface area contributed by atoms with Gasteiger partial charge in [-0.25, -0.2) is 0 Å². The molecule has 0 amide bonds. The number of benzene rings is 4. The van der Waals surface area contributed by atoms with Crippen molar-refractivity contribution in [1.29, 1.82) is 0 Å². The Bertz CT molecular complexity index is 1350. The van der Waals surface area contributed by atoms with Crippen LogP contribution >= 0.6 is 0 Å². The Hall–Kier alpha value is -3.20. The summed E-state index contributed by atoms with van der Waals surface area (Å²) in [6, 6.07) is 39.9. The summed E-state index contributed by atoms with van der Waals surface area (Å²) in [5, 5.41) is 0. The first kappa shape index (κ1) is 27.6. The Kier molecular flexibility index (Phi) is 8.02. The van der Waals surface area contributed by atoms with Gasteiger partial charge < -0.3 is 9.47 Å². The van der Waals surface area contributed by atoms with Crippen molar-refractivity contribution in [3.05, 3.63) is 143 Å². The fourth-order valence-corrected chi connectivity index (χ4v) is 9.42. The number of hydrogen-bond donors (Lipinski definition) is 0. The second-order valence-electron chi connectivity index (χ2n) is 12.9.